The summed E-state index contributed by atoms with van der Waals surface area (Å²) in [6.45, 7) is 2.54. The molecule has 0 aliphatic heterocycles. The van der Waals surface area contributed by atoms with E-state index in [9.17, 15) is 4.79 Å². The topological polar surface area (TPSA) is 65.4 Å². The molecule has 3 aromatic rings. The number of carbonyl (C=O) groups is 1. The standard InChI is InChI=1S/C20H19Cl2N3O3/c1-4-25-18(14-7-6-13(27-2)10-19(14)28-3)11-17(24-25)20(26)23-12-5-8-15(21)16(22)9-12/h5-11H,4H2,1-3H3,(H,23,26). The molecule has 0 saturated carbocycles. The minimum absolute atomic E-state index is 0.279. The molecule has 146 valence electrons. The van der Waals surface area contributed by atoms with Gasteiger partial charge in [0.15, 0.2) is 5.69 Å². The number of nitrogens with zero attached hydrogens (tertiary/aromatic N) is 2. The molecule has 28 heavy (non-hydrogen) atoms. The van der Waals surface area contributed by atoms with E-state index in [1.165, 1.54) is 0 Å². The van der Waals surface area contributed by atoms with Gasteiger partial charge in [-0.2, -0.15) is 5.10 Å². The molecule has 0 saturated heterocycles. The van der Waals surface area contributed by atoms with Gasteiger partial charge in [-0.25, -0.2) is 0 Å². The average Bonchev–Trinajstić information content (AvgIpc) is 3.14. The number of halogens is 2. The van der Waals surface area contributed by atoms with Gasteiger partial charge in [-0.3, -0.25) is 9.48 Å². The van der Waals surface area contributed by atoms with Crippen molar-refractivity contribution in [3.63, 3.8) is 0 Å². The number of benzene rings is 2. The van der Waals surface area contributed by atoms with E-state index in [1.807, 2.05) is 19.1 Å². The molecule has 0 radical (unpaired) electrons. The molecule has 0 aliphatic rings. The van der Waals surface area contributed by atoms with Crippen molar-refractivity contribution in [2.75, 3.05) is 19.5 Å². The van der Waals surface area contributed by atoms with Crippen molar-refractivity contribution in [3.05, 3.63) is 58.2 Å². The summed E-state index contributed by atoms with van der Waals surface area (Å²) >= 11 is 11.9. The van der Waals surface area contributed by atoms with Gasteiger partial charge >= 0.3 is 0 Å². The molecule has 6 nitrogen and oxygen atoms in total. The Hall–Kier alpha value is -2.70. The molecular weight excluding hydrogens is 401 g/mol. The molecule has 1 amide bonds. The van der Waals surface area contributed by atoms with Crippen LogP contribution in [0, 0.1) is 0 Å². The van der Waals surface area contributed by atoms with Gasteiger partial charge in [-0.15, -0.1) is 0 Å². The number of anilines is 1. The van der Waals surface area contributed by atoms with Crippen molar-refractivity contribution in [1.29, 1.82) is 0 Å². The zero-order valence-corrected chi connectivity index (χ0v) is 17.1. The van der Waals surface area contributed by atoms with Crippen LogP contribution in [0.5, 0.6) is 11.5 Å². The van der Waals surface area contributed by atoms with E-state index >= 15 is 0 Å². The monoisotopic (exact) mass is 419 g/mol. The van der Waals surface area contributed by atoms with Crippen molar-refractivity contribution in [1.82, 2.24) is 9.78 Å². The number of nitrogens with one attached hydrogen (secondary N) is 1. The molecule has 1 heterocycles. The summed E-state index contributed by atoms with van der Waals surface area (Å²) in [5.41, 5.74) is 2.39. The molecule has 0 unspecified atom stereocenters. The van der Waals surface area contributed by atoms with Crippen LogP contribution in [0.25, 0.3) is 11.3 Å². The number of ether oxygens (including phenoxy) is 2. The fraction of sp³-hybridized carbons (Fsp3) is 0.200. The fourth-order valence-electron chi connectivity index (χ4n) is 2.76. The normalized spacial score (nSPS) is 10.6. The first-order chi connectivity index (χ1) is 13.5. The molecule has 1 aromatic heterocycles. The van der Waals surface area contributed by atoms with Gasteiger partial charge in [0.1, 0.15) is 11.5 Å². The molecule has 3 rings (SSSR count). The molecule has 0 atom stereocenters. The van der Waals surface area contributed by atoms with E-state index in [-0.39, 0.29) is 11.6 Å². The third-order valence-corrected chi connectivity index (χ3v) is 4.91. The lowest BCUT2D eigenvalue weighted by Crippen LogP contribution is -2.13. The Morgan fingerprint density at radius 1 is 1.07 bits per heavy atom. The summed E-state index contributed by atoms with van der Waals surface area (Å²) in [5, 5.41) is 7.98. The molecule has 2 aromatic carbocycles. The van der Waals surface area contributed by atoms with Crippen molar-refractivity contribution in [3.8, 4) is 22.8 Å². The van der Waals surface area contributed by atoms with E-state index in [4.69, 9.17) is 32.7 Å². The Labute approximate surface area is 173 Å². The summed E-state index contributed by atoms with van der Waals surface area (Å²) in [6, 6.07) is 12.1. The highest BCUT2D eigenvalue weighted by molar-refractivity contribution is 6.42. The van der Waals surface area contributed by atoms with Crippen LogP contribution in [0.4, 0.5) is 5.69 Å². The number of hydrogen-bond donors (Lipinski definition) is 1. The summed E-state index contributed by atoms with van der Waals surface area (Å²) in [6.07, 6.45) is 0. The highest BCUT2D eigenvalue weighted by Gasteiger charge is 2.18. The summed E-state index contributed by atoms with van der Waals surface area (Å²) in [7, 11) is 3.18. The summed E-state index contributed by atoms with van der Waals surface area (Å²) < 4.78 is 12.5. The largest absolute Gasteiger partial charge is 0.497 e. The molecule has 0 aliphatic carbocycles. The van der Waals surface area contributed by atoms with E-state index in [0.717, 1.165) is 11.3 Å². The number of carbonyl (C=O) groups excluding carboxylic acids is 1. The van der Waals surface area contributed by atoms with E-state index in [1.54, 1.807) is 49.2 Å². The second-order valence-electron chi connectivity index (χ2n) is 5.88. The van der Waals surface area contributed by atoms with E-state index in [0.29, 0.717) is 33.8 Å². The highest BCUT2D eigenvalue weighted by Crippen LogP contribution is 2.34. The van der Waals surface area contributed by atoms with Crippen LogP contribution in [0.15, 0.2) is 42.5 Å². The van der Waals surface area contributed by atoms with Gasteiger partial charge in [0, 0.05) is 23.9 Å². The van der Waals surface area contributed by atoms with Gasteiger partial charge in [0.2, 0.25) is 0 Å². The number of rotatable bonds is 6. The number of amides is 1. The smallest absolute Gasteiger partial charge is 0.276 e. The Kier molecular flexibility index (Phi) is 6.11. The number of aromatic nitrogens is 2. The third kappa shape index (κ3) is 4.08. The van der Waals surface area contributed by atoms with Gasteiger partial charge in [-0.1, -0.05) is 23.2 Å². The van der Waals surface area contributed by atoms with Gasteiger partial charge in [0.25, 0.3) is 5.91 Å². The molecular formula is C20H19Cl2N3O3. The van der Waals surface area contributed by atoms with Gasteiger partial charge in [-0.05, 0) is 43.3 Å². The van der Waals surface area contributed by atoms with Gasteiger partial charge in [0.05, 0.1) is 30.0 Å². The third-order valence-electron chi connectivity index (χ3n) is 4.17. The second-order valence-corrected chi connectivity index (χ2v) is 6.69. The number of hydrogen-bond acceptors (Lipinski definition) is 4. The second kappa shape index (κ2) is 8.54. The van der Waals surface area contributed by atoms with Crippen LogP contribution in [0.2, 0.25) is 10.0 Å². The van der Waals surface area contributed by atoms with Crippen LogP contribution >= 0.6 is 23.2 Å². The van der Waals surface area contributed by atoms with E-state index < -0.39 is 0 Å². The highest BCUT2D eigenvalue weighted by atomic mass is 35.5. The van der Waals surface area contributed by atoms with Crippen molar-refractivity contribution in [2.24, 2.45) is 0 Å². The Balaban J connectivity index is 1.94. The zero-order valence-electron chi connectivity index (χ0n) is 15.6. The van der Waals surface area contributed by atoms with Gasteiger partial charge < -0.3 is 14.8 Å². The van der Waals surface area contributed by atoms with Crippen LogP contribution in [0.3, 0.4) is 0 Å². The fourth-order valence-corrected chi connectivity index (χ4v) is 3.06. The molecule has 0 fully saturated rings. The Morgan fingerprint density at radius 2 is 1.86 bits per heavy atom. The lowest BCUT2D eigenvalue weighted by Gasteiger charge is -2.11. The lowest BCUT2D eigenvalue weighted by molar-refractivity contribution is 0.102. The van der Waals surface area contributed by atoms with Crippen molar-refractivity contribution in [2.45, 2.75) is 13.5 Å². The Morgan fingerprint density at radius 3 is 2.50 bits per heavy atom. The minimum atomic E-state index is -0.348. The predicted molar refractivity (Wildman–Crippen MR) is 111 cm³/mol. The lowest BCUT2D eigenvalue weighted by atomic mass is 10.1. The first-order valence-electron chi connectivity index (χ1n) is 8.53. The molecule has 0 bridgehead atoms. The maximum absolute atomic E-state index is 12.7. The van der Waals surface area contributed by atoms with E-state index in [2.05, 4.69) is 10.4 Å². The summed E-state index contributed by atoms with van der Waals surface area (Å²) in [4.78, 5) is 12.7. The minimum Gasteiger partial charge on any atom is -0.497 e. The van der Waals surface area contributed by atoms with Crippen molar-refractivity contribution >= 4 is 34.8 Å². The first kappa shape index (κ1) is 20.0. The van der Waals surface area contributed by atoms with Crippen LogP contribution < -0.4 is 14.8 Å². The van der Waals surface area contributed by atoms with Crippen molar-refractivity contribution < 1.29 is 14.3 Å². The maximum atomic E-state index is 12.7. The number of aryl methyl sites for hydroxylation is 1. The molecule has 1 N–H and O–H groups in total. The summed E-state index contributed by atoms with van der Waals surface area (Å²) in [5.74, 6) is 0.963. The van der Waals surface area contributed by atoms with Crippen LogP contribution in [-0.4, -0.2) is 29.9 Å². The van der Waals surface area contributed by atoms with Crippen LogP contribution in [-0.2, 0) is 6.54 Å². The average molecular weight is 420 g/mol. The first-order valence-corrected chi connectivity index (χ1v) is 9.29. The SMILES string of the molecule is CCn1nc(C(=O)Nc2ccc(Cl)c(Cl)c2)cc1-c1ccc(OC)cc1OC. The maximum Gasteiger partial charge on any atom is 0.276 e. The quantitative estimate of drug-likeness (QED) is 0.599. The Bertz CT molecular complexity index is 1020. The predicted octanol–water partition coefficient (Wildman–Crippen LogP) is 5.15. The van der Waals surface area contributed by atoms with Crippen LogP contribution in [0.1, 0.15) is 17.4 Å². The zero-order chi connectivity index (χ0) is 20.3. The molecule has 8 heteroatoms. The number of methoxy groups -OCH3 is 2. The molecule has 0 spiro atoms.